The van der Waals surface area contributed by atoms with Gasteiger partial charge in [-0.2, -0.15) is 0 Å². The van der Waals surface area contributed by atoms with Gasteiger partial charge in [-0.15, -0.1) is 0 Å². The Morgan fingerprint density at radius 2 is 2.25 bits per heavy atom. The Morgan fingerprint density at radius 3 is 2.67 bits per heavy atom. The number of carboxylic acids is 1. The maximum Gasteiger partial charge on any atom is 0.314 e. The Bertz CT molecular complexity index is 299. The van der Waals surface area contributed by atoms with Crippen molar-refractivity contribution < 1.29 is 9.90 Å². The van der Waals surface area contributed by atoms with Gasteiger partial charge in [-0.25, -0.2) is 0 Å². The number of aliphatic carboxylic acids is 1. The Hall–Kier alpha value is -1.31. The second-order valence-corrected chi connectivity index (χ2v) is 3.16. The second-order valence-electron chi connectivity index (χ2n) is 3.16. The Kier molecular flexibility index (Phi) is 1.43. The van der Waals surface area contributed by atoms with Crippen LogP contribution in [0.3, 0.4) is 0 Å². The zero-order valence-corrected chi connectivity index (χ0v) is 6.58. The highest BCUT2D eigenvalue weighted by Crippen LogP contribution is 2.47. The molecule has 1 radical (unpaired) electrons. The molecule has 2 nitrogen and oxygen atoms in total. The quantitative estimate of drug-likeness (QED) is 0.715. The zero-order valence-electron chi connectivity index (χ0n) is 6.58. The minimum absolute atomic E-state index is 0.596. The van der Waals surface area contributed by atoms with Crippen LogP contribution in [0, 0.1) is 6.07 Å². The summed E-state index contributed by atoms with van der Waals surface area (Å²) in [7, 11) is 0. The van der Waals surface area contributed by atoms with Gasteiger partial charge in [0, 0.05) is 0 Å². The van der Waals surface area contributed by atoms with Gasteiger partial charge in [-0.1, -0.05) is 24.3 Å². The molecule has 1 N–H and O–H groups in total. The van der Waals surface area contributed by atoms with Gasteiger partial charge in [0.15, 0.2) is 0 Å². The fourth-order valence-corrected chi connectivity index (χ4v) is 1.41. The van der Waals surface area contributed by atoms with E-state index >= 15 is 0 Å². The third-order valence-corrected chi connectivity index (χ3v) is 2.38. The molecule has 1 saturated carbocycles. The fraction of sp³-hybridized carbons (Fsp3) is 0.300. The van der Waals surface area contributed by atoms with Crippen LogP contribution in [0.25, 0.3) is 0 Å². The van der Waals surface area contributed by atoms with E-state index in [1.807, 2.05) is 18.2 Å². The lowest BCUT2D eigenvalue weighted by Gasteiger charge is -2.07. The summed E-state index contributed by atoms with van der Waals surface area (Å²) < 4.78 is 0. The molecule has 0 aromatic heterocycles. The van der Waals surface area contributed by atoms with Crippen LogP contribution in [0.15, 0.2) is 24.3 Å². The number of hydrogen-bond donors (Lipinski definition) is 1. The lowest BCUT2D eigenvalue weighted by Crippen LogP contribution is -2.19. The topological polar surface area (TPSA) is 37.3 Å². The molecule has 0 saturated heterocycles. The van der Waals surface area contributed by atoms with E-state index in [1.165, 1.54) is 0 Å². The molecular weight excluding hydrogens is 152 g/mol. The van der Waals surface area contributed by atoms with Gasteiger partial charge in [0.05, 0.1) is 5.41 Å². The molecule has 1 aromatic carbocycles. The third-order valence-electron chi connectivity index (χ3n) is 2.38. The highest BCUT2D eigenvalue weighted by molar-refractivity contribution is 5.84. The molecule has 0 heterocycles. The molecule has 2 heteroatoms. The fourth-order valence-electron chi connectivity index (χ4n) is 1.41. The third kappa shape index (κ3) is 0.916. The van der Waals surface area contributed by atoms with Crippen molar-refractivity contribution in [2.75, 3.05) is 0 Å². The van der Waals surface area contributed by atoms with Crippen LogP contribution in [-0.4, -0.2) is 11.1 Å². The van der Waals surface area contributed by atoms with Crippen LogP contribution >= 0.6 is 0 Å². The largest absolute Gasteiger partial charge is 0.481 e. The van der Waals surface area contributed by atoms with Gasteiger partial charge in [0.1, 0.15) is 0 Å². The molecule has 2 rings (SSSR count). The normalized spacial score (nSPS) is 18.7. The van der Waals surface area contributed by atoms with Crippen LogP contribution in [-0.2, 0) is 10.2 Å². The lowest BCUT2D eigenvalue weighted by atomic mass is 9.97. The molecule has 1 aliphatic rings. The van der Waals surface area contributed by atoms with Crippen molar-refractivity contribution in [1.29, 1.82) is 0 Å². The van der Waals surface area contributed by atoms with E-state index in [4.69, 9.17) is 5.11 Å². The van der Waals surface area contributed by atoms with E-state index in [1.54, 1.807) is 6.07 Å². The van der Waals surface area contributed by atoms with Crippen molar-refractivity contribution >= 4 is 5.97 Å². The van der Waals surface area contributed by atoms with Crippen molar-refractivity contribution in [1.82, 2.24) is 0 Å². The first-order valence-corrected chi connectivity index (χ1v) is 3.96. The Morgan fingerprint density at radius 1 is 1.50 bits per heavy atom. The summed E-state index contributed by atoms with van der Waals surface area (Å²) >= 11 is 0. The van der Waals surface area contributed by atoms with Crippen molar-refractivity contribution in [3.8, 4) is 0 Å². The highest BCUT2D eigenvalue weighted by Gasteiger charge is 2.51. The SMILES string of the molecule is O=C(O)C1(c2[c]cccc2)CC1. The average molecular weight is 161 g/mol. The lowest BCUT2D eigenvalue weighted by molar-refractivity contribution is -0.140. The Balaban J connectivity index is 2.37. The summed E-state index contributed by atoms with van der Waals surface area (Å²) in [6.07, 6.45) is 1.51. The van der Waals surface area contributed by atoms with Crippen molar-refractivity contribution in [2.45, 2.75) is 18.3 Å². The molecule has 1 aromatic rings. The van der Waals surface area contributed by atoms with Gasteiger partial charge in [-0.05, 0) is 24.5 Å². The average Bonchev–Trinajstić information content (AvgIpc) is 2.86. The molecule has 1 aliphatic carbocycles. The molecule has 0 bridgehead atoms. The first-order valence-electron chi connectivity index (χ1n) is 3.96. The second kappa shape index (κ2) is 2.34. The van der Waals surface area contributed by atoms with E-state index in [0.717, 1.165) is 18.4 Å². The van der Waals surface area contributed by atoms with Gasteiger partial charge in [0.25, 0.3) is 0 Å². The Labute approximate surface area is 70.8 Å². The molecule has 0 unspecified atom stereocenters. The summed E-state index contributed by atoms with van der Waals surface area (Å²) in [6, 6.07) is 10.3. The molecule has 0 spiro atoms. The molecule has 12 heavy (non-hydrogen) atoms. The molecule has 0 atom stereocenters. The van der Waals surface area contributed by atoms with Gasteiger partial charge < -0.3 is 5.11 Å². The minimum atomic E-state index is -0.718. The van der Waals surface area contributed by atoms with Crippen LogP contribution in [0.2, 0.25) is 0 Å². The standard InChI is InChI=1S/C10H9O2/c11-9(12)10(6-7-10)8-4-2-1-3-5-8/h1-4H,6-7H2,(H,11,12). The van der Waals surface area contributed by atoms with Crippen molar-refractivity contribution in [3.63, 3.8) is 0 Å². The summed E-state index contributed by atoms with van der Waals surface area (Å²) in [6.45, 7) is 0. The summed E-state index contributed by atoms with van der Waals surface area (Å²) in [4.78, 5) is 10.9. The number of rotatable bonds is 2. The predicted molar refractivity (Wildman–Crippen MR) is 43.8 cm³/mol. The maximum atomic E-state index is 10.9. The summed E-state index contributed by atoms with van der Waals surface area (Å²) in [5, 5.41) is 8.94. The van der Waals surface area contributed by atoms with E-state index in [9.17, 15) is 4.79 Å². The molecule has 0 amide bonds. The maximum absolute atomic E-state index is 10.9. The number of benzene rings is 1. The monoisotopic (exact) mass is 161 g/mol. The molecule has 0 aliphatic heterocycles. The van der Waals surface area contributed by atoms with Gasteiger partial charge in [0.2, 0.25) is 0 Å². The van der Waals surface area contributed by atoms with Gasteiger partial charge >= 0.3 is 5.97 Å². The van der Waals surface area contributed by atoms with Crippen molar-refractivity contribution in [3.05, 3.63) is 35.9 Å². The predicted octanol–water partition coefficient (Wildman–Crippen LogP) is 1.60. The van der Waals surface area contributed by atoms with Crippen LogP contribution < -0.4 is 0 Å². The van der Waals surface area contributed by atoms with E-state index in [2.05, 4.69) is 6.07 Å². The van der Waals surface area contributed by atoms with Gasteiger partial charge in [-0.3, -0.25) is 4.79 Å². The van der Waals surface area contributed by atoms with E-state index < -0.39 is 11.4 Å². The molecular formula is C10H9O2. The minimum Gasteiger partial charge on any atom is -0.481 e. The number of carboxylic acid groups (broad SMARTS) is 1. The van der Waals surface area contributed by atoms with Crippen molar-refractivity contribution in [2.24, 2.45) is 0 Å². The van der Waals surface area contributed by atoms with Crippen LogP contribution in [0.4, 0.5) is 0 Å². The summed E-state index contributed by atoms with van der Waals surface area (Å²) in [5.74, 6) is -0.718. The highest BCUT2D eigenvalue weighted by atomic mass is 16.4. The zero-order chi connectivity index (χ0) is 8.60. The molecule has 61 valence electrons. The smallest absolute Gasteiger partial charge is 0.314 e. The summed E-state index contributed by atoms with van der Waals surface area (Å²) in [5.41, 5.74) is 0.221. The number of carbonyl (C=O) groups is 1. The van der Waals surface area contributed by atoms with Crippen LogP contribution in [0.5, 0.6) is 0 Å². The first-order chi connectivity index (χ1) is 5.76. The first kappa shape index (κ1) is 7.35. The number of hydrogen-bond acceptors (Lipinski definition) is 1. The van der Waals surface area contributed by atoms with Crippen LogP contribution in [0.1, 0.15) is 18.4 Å². The van der Waals surface area contributed by atoms with E-state index in [-0.39, 0.29) is 0 Å². The van der Waals surface area contributed by atoms with E-state index in [0.29, 0.717) is 0 Å². The molecule has 1 fully saturated rings.